The van der Waals surface area contributed by atoms with Gasteiger partial charge in [-0.05, 0) is 33.6 Å². The van der Waals surface area contributed by atoms with Gasteiger partial charge in [0.25, 0.3) is 11.8 Å². The maximum atomic E-state index is 12.2. The zero-order chi connectivity index (χ0) is 22.0. The molecule has 0 aromatic heterocycles. The minimum Gasteiger partial charge on any atom is -0.480 e. The van der Waals surface area contributed by atoms with Crippen molar-refractivity contribution in [3.8, 4) is 0 Å². The second-order valence-electron chi connectivity index (χ2n) is 7.63. The SMILES string of the molecule is CC(C)(C)OC[C@H](NC(=O)CCCCCN1C(=O)C=CC1=O)C(=O)NCC(=O)O. The number of carboxylic acid groups (broad SMARTS) is 1. The molecule has 0 aromatic carbocycles. The third kappa shape index (κ3) is 9.84. The summed E-state index contributed by atoms with van der Waals surface area (Å²) in [6.07, 6.45) is 4.31. The molecule has 1 aliphatic heterocycles. The van der Waals surface area contributed by atoms with Crippen molar-refractivity contribution in [1.29, 1.82) is 0 Å². The topological polar surface area (TPSA) is 142 Å². The molecule has 29 heavy (non-hydrogen) atoms. The van der Waals surface area contributed by atoms with Gasteiger partial charge in [-0.1, -0.05) is 6.42 Å². The van der Waals surface area contributed by atoms with E-state index >= 15 is 0 Å². The largest absolute Gasteiger partial charge is 0.480 e. The molecule has 10 nitrogen and oxygen atoms in total. The van der Waals surface area contributed by atoms with E-state index in [0.717, 1.165) is 4.90 Å². The van der Waals surface area contributed by atoms with Gasteiger partial charge in [0.2, 0.25) is 11.8 Å². The highest BCUT2D eigenvalue weighted by atomic mass is 16.5. The van der Waals surface area contributed by atoms with Crippen molar-refractivity contribution in [3.63, 3.8) is 0 Å². The maximum Gasteiger partial charge on any atom is 0.322 e. The molecule has 0 unspecified atom stereocenters. The highest BCUT2D eigenvalue weighted by Crippen LogP contribution is 2.09. The van der Waals surface area contributed by atoms with Gasteiger partial charge < -0.3 is 20.5 Å². The van der Waals surface area contributed by atoms with E-state index in [1.54, 1.807) is 20.8 Å². The number of carboxylic acids is 1. The predicted molar refractivity (Wildman–Crippen MR) is 103 cm³/mol. The monoisotopic (exact) mass is 411 g/mol. The molecular weight excluding hydrogens is 382 g/mol. The smallest absolute Gasteiger partial charge is 0.322 e. The van der Waals surface area contributed by atoms with Crippen LogP contribution in [-0.2, 0) is 28.7 Å². The third-order valence-electron chi connectivity index (χ3n) is 3.93. The molecule has 0 radical (unpaired) electrons. The molecule has 0 spiro atoms. The van der Waals surface area contributed by atoms with Gasteiger partial charge >= 0.3 is 5.97 Å². The van der Waals surface area contributed by atoms with Crippen LogP contribution >= 0.6 is 0 Å². The van der Waals surface area contributed by atoms with Gasteiger partial charge in [-0.25, -0.2) is 0 Å². The van der Waals surface area contributed by atoms with E-state index < -0.39 is 30.1 Å². The van der Waals surface area contributed by atoms with E-state index in [9.17, 15) is 24.0 Å². The van der Waals surface area contributed by atoms with Crippen LogP contribution in [0.25, 0.3) is 0 Å². The Hall–Kier alpha value is -2.75. The van der Waals surface area contributed by atoms with E-state index in [-0.39, 0.29) is 30.7 Å². The Bertz CT molecular complexity index is 649. The summed E-state index contributed by atoms with van der Waals surface area (Å²) in [4.78, 5) is 58.9. The van der Waals surface area contributed by atoms with Crippen molar-refractivity contribution >= 4 is 29.6 Å². The van der Waals surface area contributed by atoms with Crippen molar-refractivity contribution < 1.29 is 33.8 Å². The van der Waals surface area contributed by atoms with Crippen molar-refractivity contribution in [3.05, 3.63) is 12.2 Å². The van der Waals surface area contributed by atoms with Crippen LogP contribution in [0.3, 0.4) is 0 Å². The molecule has 1 atom stereocenters. The molecule has 0 aliphatic carbocycles. The Balaban J connectivity index is 2.39. The number of nitrogens with one attached hydrogen (secondary N) is 2. The van der Waals surface area contributed by atoms with Gasteiger partial charge in [0.05, 0.1) is 12.2 Å². The summed E-state index contributed by atoms with van der Waals surface area (Å²) in [6.45, 7) is 5.05. The Morgan fingerprint density at radius 2 is 1.72 bits per heavy atom. The van der Waals surface area contributed by atoms with Crippen LogP contribution in [0.2, 0.25) is 0 Å². The van der Waals surface area contributed by atoms with Crippen LogP contribution in [0.15, 0.2) is 12.2 Å². The molecule has 0 saturated carbocycles. The number of carbonyl (C=O) groups is 5. The molecule has 1 heterocycles. The number of aliphatic carboxylic acids is 1. The Kier molecular flexibility index (Phi) is 9.46. The quantitative estimate of drug-likeness (QED) is 0.302. The number of rotatable bonds is 12. The molecule has 3 N–H and O–H groups in total. The zero-order valence-electron chi connectivity index (χ0n) is 17.0. The van der Waals surface area contributed by atoms with Gasteiger partial charge in [-0.2, -0.15) is 0 Å². The number of hydrogen-bond acceptors (Lipinski definition) is 6. The average molecular weight is 411 g/mol. The van der Waals surface area contributed by atoms with Crippen LogP contribution in [-0.4, -0.2) is 70.9 Å². The van der Waals surface area contributed by atoms with Crippen LogP contribution < -0.4 is 10.6 Å². The summed E-state index contributed by atoms with van der Waals surface area (Å²) in [5.74, 6) is -2.86. The fourth-order valence-corrected chi connectivity index (χ4v) is 2.45. The molecule has 0 saturated heterocycles. The second kappa shape index (κ2) is 11.3. The second-order valence-corrected chi connectivity index (χ2v) is 7.63. The lowest BCUT2D eigenvalue weighted by Crippen LogP contribution is -2.51. The molecule has 1 rings (SSSR count). The normalized spacial score (nSPS) is 14.8. The summed E-state index contributed by atoms with van der Waals surface area (Å²) < 4.78 is 5.54. The minimum absolute atomic E-state index is 0.0904. The molecule has 162 valence electrons. The van der Waals surface area contributed by atoms with Crippen molar-refractivity contribution in [2.45, 2.75) is 58.1 Å². The molecular formula is C19H29N3O7. The van der Waals surface area contributed by atoms with Gasteiger partial charge in [0, 0.05) is 25.1 Å². The molecule has 10 heteroatoms. The maximum absolute atomic E-state index is 12.2. The fraction of sp³-hybridized carbons (Fsp3) is 0.632. The lowest BCUT2D eigenvalue weighted by Gasteiger charge is -2.24. The number of nitrogens with zero attached hydrogens (tertiary/aromatic N) is 1. The van der Waals surface area contributed by atoms with Gasteiger partial charge in [-0.15, -0.1) is 0 Å². The first-order valence-corrected chi connectivity index (χ1v) is 9.46. The Labute approximate surface area is 169 Å². The molecule has 0 bridgehead atoms. The predicted octanol–water partition coefficient (Wildman–Crippen LogP) is -0.0275. The van der Waals surface area contributed by atoms with E-state index in [2.05, 4.69) is 10.6 Å². The summed E-state index contributed by atoms with van der Waals surface area (Å²) in [7, 11) is 0. The molecule has 4 amide bonds. The van der Waals surface area contributed by atoms with E-state index in [1.165, 1.54) is 12.2 Å². The van der Waals surface area contributed by atoms with E-state index in [1.807, 2.05) is 0 Å². The molecule has 0 aromatic rings. The first-order chi connectivity index (χ1) is 13.5. The number of imide groups is 1. The van der Waals surface area contributed by atoms with Gasteiger partial charge in [-0.3, -0.25) is 28.9 Å². The summed E-state index contributed by atoms with van der Waals surface area (Å²) in [5, 5.41) is 13.5. The summed E-state index contributed by atoms with van der Waals surface area (Å²) in [6, 6.07) is -1.01. The minimum atomic E-state index is -1.19. The number of hydrogen-bond donors (Lipinski definition) is 3. The zero-order valence-corrected chi connectivity index (χ0v) is 17.0. The lowest BCUT2D eigenvalue weighted by atomic mass is 10.1. The summed E-state index contributed by atoms with van der Waals surface area (Å²) >= 11 is 0. The highest BCUT2D eigenvalue weighted by Gasteiger charge is 2.24. The van der Waals surface area contributed by atoms with E-state index in [0.29, 0.717) is 25.8 Å². The third-order valence-corrected chi connectivity index (χ3v) is 3.93. The Morgan fingerprint density at radius 3 is 2.28 bits per heavy atom. The first kappa shape index (κ1) is 24.3. The van der Waals surface area contributed by atoms with Crippen molar-refractivity contribution in [2.75, 3.05) is 19.7 Å². The van der Waals surface area contributed by atoms with Crippen LogP contribution in [0.5, 0.6) is 0 Å². The van der Waals surface area contributed by atoms with E-state index in [4.69, 9.17) is 9.84 Å². The van der Waals surface area contributed by atoms with Crippen molar-refractivity contribution in [2.24, 2.45) is 0 Å². The number of amides is 4. The van der Waals surface area contributed by atoms with Crippen LogP contribution in [0, 0.1) is 0 Å². The number of unbranched alkanes of at least 4 members (excludes halogenated alkanes) is 2. The number of ether oxygens (including phenoxy) is 1. The van der Waals surface area contributed by atoms with Gasteiger partial charge in [0.15, 0.2) is 0 Å². The lowest BCUT2D eigenvalue weighted by molar-refractivity contribution is -0.139. The Morgan fingerprint density at radius 1 is 1.10 bits per heavy atom. The summed E-state index contributed by atoms with van der Waals surface area (Å²) in [5.41, 5.74) is -0.532. The van der Waals surface area contributed by atoms with Gasteiger partial charge in [0.1, 0.15) is 12.6 Å². The molecule has 0 fully saturated rings. The van der Waals surface area contributed by atoms with Crippen LogP contribution in [0.1, 0.15) is 46.5 Å². The highest BCUT2D eigenvalue weighted by molar-refractivity contribution is 6.12. The fourth-order valence-electron chi connectivity index (χ4n) is 2.45. The van der Waals surface area contributed by atoms with Crippen molar-refractivity contribution in [1.82, 2.24) is 15.5 Å². The first-order valence-electron chi connectivity index (χ1n) is 9.46. The standard InChI is InChI=1S/C19H29N3O7/c1-19(2,3)29-12-13(18(28)20-11-17(26)27)21-14(23)7-5-4-6-10-22-15(24)8-9-16(22)25/h8-9,13H,4-7,10-12H2,1-3H3,(H,20,28)(H,21,23)(H,26,27)/t13-/m0/s1. The molecule has 1 aliphatic rings. The van der Waals surface area contributed by atoms with Crippen LogP contribution in [0.4, 0.5) is 0 Å². The average Bonchev–Trinajstić information content (AvgIpc) is 2.93. The number of carbonyl (C=O) groups excluding carboxylic acids is 4.